The Balaban J connectivity index is 2.10. The maximum atomic E-state index is 12.4. The van der Waals surface area contributed by atoms with Crippen LogP contribution in [0.1, 0.15) is 6.92 Å². The largest absolute Gasteiger partial charge is 0.319 e. The summed E-state index contributed by atoms with van der Waals surface area (Å²) in [7, 11) is 1.89. The quantitative estimate of drug-likeness (QED) is 0.684. The molecule has 0 aromatic heterocycles. The van der Waals surface area contributed by atoms with E-state index in [4.69, 9.17) is 0 Å². The van der Waals surface area contributed by atoms with Crippen LogP contribution in [0.25, 0.3) is 0 Å². The van der Waals surface area contributed by atoms with Gasteiger partial charge >= 0.3 is 0 Å². The van der Waals surface area contributed by atoms with Crippen molar-refractivity contribution in [3.63, 3.8) is 0 Å². The fourth-order valence-corrected chi connectivity index (χ4v) is 1.62. The van der Waals surface area contributed by atoms with Crippen molar-refractivity contribution in [1.82, 2.24) is 10.2 Å². The molecule has 1 saturated heterocycles. The van der Waals surface area contributed by atoms with Crippen LogP contribution in [0.3, 0.4) is 0 Å². The van der Waals surface area contributed by atoms with E-state index in [2.05, 4.69) is 5.32 Å². The summed E-state index contributed by atoms with van der Waals surface area (Å²) in [5.74, 6) is -1.97. The normalized spacial score (nSPS) is 21.0. The predicted octanol–water partition coefficient (Wildman–Crippen LogP) is 0.793. The lowest BCUT2D eigenvalue weighted by Crippen LogP contribution is -2.53. The molecule has 0 unspecified atom stereocenters. The standard InChI is InChI=1S/C8H16F2N2/c1-8(9,10)6-12-4-7(5-12)3-11-2/h7,11H,3-6H2,1-2H3. The molecule has 12 heavy (non-hydrogen) atoms. The topological polar surface area (TPSA) is 15.3 Å². The summed E-state index contributed by atoms with van der Waals surface area (Å²) >= 11 is 0. The molecule has 0 radical (unpaired) electrons. The van der Waals surface area contributed by atoms with Gasteiger partial charge in [0.05, 0.1) is 6.54 Å². The Bertz CT molecular complexity index is 138. The van der Waals surface area contributed by atoms with Gasteiger partial charge in [0.25, 0.3) is 5.92 Å². The summed E-state index contributed by atoms with van der Waals surface area (Å²) in [4.78, 5) is 1.79. The van der Waals surface area contributed by atoms with Gasteiger partial charge in [0.15, 0.2) is 0 Å². The lowest BCUT2D eigenvalue weighted by Gasteiger charge is -2.40. The van der Waals surface area contributed by atoms with Gasteiger partial charge in [-0.15, -0.1) is 0 Å². The first-order valence-electron chi connectivity index (χ1n) is 4.26. The molecule has 4 heteroatoms. The predicted molar refractivity (Wildman–Crippen MR) is 44.5 cm³/mol. The molecule has 0 bridgehead atoms. The van der Waals surface area contributed by atoms with Crippen molar-refractivity contribution < 1.29 is 8.78 Å². The SMILES string of the molecule is CNCC1CN(CC(C)(F)F)C1. The van der Waals surface area contributed by atoms with Crippen LogP contribution in [0.15, 0.2) is 0 Å². The van der Waals surface area contributed by atoms with E-state index in [1.165, 1.54) is 0 Å². The van der Waals surface area contributed by atoms with E-state index in [-0.39, 0.29) is 6.54 Å². The van der Waals surface area contributed by atoms with Crippen molar-refractivity contribution in [1.29, 1.82) is 0 Å². The molecule has 1 heterocycles. The van der Waals surface area contributed by atoms with E-state index in [1.807, 2.05) is 7.05 Å². The van der Waals surface area contributed by atoms with E-state index in [0.717, 1.165) is 26.6 Å². The Morgan fingerprint density at radius 2 is 2.08 bits per heavy atom. The maximum absolute atomic E-state index is 12.4. The Hall–Kier alpha value is -0.220. The zero-order chi connectivity index (χ0) is 9.19. The zero-order valence-corrected chi connectivity index (χ0v) is 7.61. The van der Waals surface area contributed by atoms with Crippen molar-refractivity contribution >= 4 is 0 Å². The Labute approximate surface area is 71.9 Å². The van der Waals surface area contributed by atoms with Crippen LogP contribution in [0.4, 0.5) is 8.78 Å². The van der Waals surface area contributed by atoms with Gasteiger partial charge in [-0.2, -0.15) is 0 Å². The highest BCUT2D eigenvalue weighted by Crippen LogP contribution is 2.20. The average Bonchev–Trinajstić information content (AvgIpc) is 1.80. The minimum Gasteiger partial charge on any atom is -0.319 e. The summed E-state index contributed by atoms with van der Waals surface area (Å²) in [5, 5.41) is 3.04. The fourth-order valence-electron chi connectivity index (χ4n) is 1.62. The number of likely N-dealkylation sites (tertiary alicyclic amines) is 1. The molecular formula is C8H16F2N2. The van der Waals surface area contributed by atoms with Crippen LogP contribution in [0.2, 0.25) is 0 Å². The van der Waals surface area contributed by atoms with Crippen molar-refractivity contribution in [2.75, 3.05) is 33.2 Å². The molecule has 0 aliphatic carbocycles. The molecule has 0 amide bonds. The number of halogens is 2. The molecule has 1 rings (SSSR count). The molecule has 1 aliphatic heterocycles. The molecule has 0 aromatic carbocycles. The Morgan fingerprint density at radius 1 is 1.50 bits per heavy atom. The molecule has 1 fully saturated rings. The highest BCUT2D eigenvalue weighted by atomic mass is 19.3. The third kappa shape index (κ3) is 3.03. The van der Waals surface area contributed by atoms with Gasteiger partial charge in [0, 0.05) is 26.6 Å². The zero-order valence-electron chi connectivity index (χ0n) is 7.61. The first kappa shape index (κ1) is 9.86. The molecule has 0 atom stereocenters. The summed E-state index contributed by atoms with van der Waals surface area (Å²) in [5.41, 5.74) is 0. The molecular weight excluding hydrogens is 162 g/mol. The van der Waals surface area contributed by atoms with Crippen molar-refractivity contribution in [3.8, 4) is 0 Å². The molecule has 0 saturated carbocycles. The molecule has 1 N–H and O–H groups in total. The van der Waals surface area contributed by atoms with Crippen LogP contribution >= 0.6 is 0 Å². The summed E-state index contributed by atoms with van der Waals surface area (Å²) in [6.45, 7) is 3.44. The van der Waals surface area contributed by atoms with Gasteiger partial charge < -0.3 is 5.32 Å². The van der Waals surface area contributed by atoms with Gasteiger partial charge in [0.1, 0.15) is 0 Å². The number of hydrogen-bond donors (Lipinski definition) is 1. The van der Waals surface area contributed by atoms with E-state index in [9.17, 15) is 8.78 Å². The average molecular weight is 178 g/mol. The lowest BCUT2D eigenvalue weighted by atomic mass is 10.00. The second-order valence-corrected chi connectivity index (χ2v) is 3.69. The van der Waals surface area contributed by atoms with Gasteiger partial charge in [0.2, 0.25) is 0 Å². The van der Waals surface area contributed by atoms with Gasteiger partial charge in [-0.1, -0.05) is 0 Å². The van der Waals surface area contributed by atoms with E-state index in [0.29, 0.717) is 5.92 Å². The fraction of sp³-hybridized carbons (Fsp3) is 1.00. The second kappa shape index (κ2) is 3.66. The molecule has 2 nitrogen and oxygen atoms in total. The van der Waals surface area contributed by atoms with E-state index in [1.54, 1.807) is 4.90 Å². The van der Waals surface area contributed by atoms with Crippen LogP contribution in [-0.4, -0.2) is 44.0 Å². The highest BCUT2D eigenvalue weighted by molar-refractivity contribution is 4.83. The third-order valence-corrected chi connectivity index (χ3v) is 2.03. The Morgan fingerprint density at radius 3 is 2.50 bits per heavy atom. The summed E-state index contributed by atoms with van der Waals surface area (Å²) in [6.07, 6.45) is 0. The number of rotatable bonds is 4. The van der Waals surface area contributed by atoms with Crippen molar-refractivity contribution in [2.45, 2.75) is 12.8 Å². The van der Waals surface area contributed by atoms with E-state index >= 15 is 0 Å². The molecule has 0 spiro atoms. The molecule has 1 aliphatic rings. The highest BCUT2D eigenvalue weighted by Gasteiger charge is 2.32. The van der Waals surface area contributed by atoms with Crippen molar-refractivity contribution in [2.24, 2.45) is 5.92 Å². The number of alkyl halides is 2. The number of nitrogens with one attached hydrogen (secondary N) is 1. The van der Waals surface area contributed by atoms with Crippen LogP contribution in [0, 0.1) is 5.92 Å². The van der Waals surface area contributed by atoms with Crippen LogP contribution < -0.4 is 5.32 Å². The summed E-state index contributed by atoms with van der Waals surface area (Å²) < 4.78 is 24.9. The van der Waals surface area contributed by atoms with Gasteiger partial charge in [-0.3, -0.25) is 4.90 Å². The molecule has 72 valence electrons. The minimum absolute atomic E-state index is 0.0901. The van der Waals surface area contributed by atoms with Gasteiger partial charge in [-0.05, 0) is 13.0 Å². The smallest absolute Gasteiger partial charge is 0.257 e. The lowest BCUT2D eigenvalue weighted by molar-refractivity contribution is -0.0454. The Kier molecular flexibility index (Phi) is 3.01. The second-order valence-electron chi connectivity index (χ2n) is 3.69. The first-order chi connectivity index (χ1) is 5.51. The van der Waals surface area contributed by atoms with Crippen molar-refractivity contribution in [3.05, 3.63) is 0 Å². The molecule has 0 aromatic rings. The first-order valence-corrected chi connectivity index (χ1v) is 4.26. The van der Waals surface area contributed by atoms with Crippen LogP contribution in [-0.2, 0) is 0 Å². The minimum atomic E-state index is -2.54. The van der Waals surface area contributed by atoms with Crippen LogP contribution in [0.5, 0.6) is 0 Å². The van der Waals surface area contributed by atoms with E-state index < -0.39 is 5.92 Å². The van der Waals surface area contributed by atoms with Gasteiger partial charge in [-0.25, -0.2) is 8.78 Å². The number of nitrogens with zero attached hydrogens (tertiary/aromatic N) is 1. The summed E-state index contributed by atoms with van der Waals surface area (Å²) in [6, 6.07) is 0. The third-order valence-electron chi connectivity index (χ3n) is 2.03. The number of hydrogen-bond acceptors (Lipinski definition) is 2. The maximum Gasteiger partial charge on any atom is 0.257 e. The monoisotopic (exact) mass is 178 g/mol.